The van der Waals surface area contributed by atoms with Gasteiger partial charge in [-0.3, -0.25) is 4.79 Å². The smallest absolute Gasteiger partial charge is 0.250 e. The molecule has 0 bridgehead atoms. The summed E-state index contributed by atoms with van der Waals surface area (Å²) in [6.45, 7) is 2.04. The van der Waals surface area contributed by atoms with Gasteiger partial charge in [0, 0.05) is 29.0 Å². The number of anilines is 1. The summed E-state index contributed by atoms with van der Waals surface area (Å²) in [5, 5.41) is 0.594. The number of amides is 1. The van der Waals surface area contributed by atoms with E-state index in [4.69, 9.17) is 23.1 Å². The van der Waals surface area contributed by atoms with Crippen molar-refractivity contribution < 1.29 is 4.79 Å². The first kappa shape index (κ1) is 16.0. The van der Waals surface area contributed by atoms with Crippen LogP contribution >= 0.6 is 11.6 Å². The Morgan fingerprint density at radius 1 is 1.21 bits per heavy atom. The fraction of sp³-hybridized carbons (Fsp3) is 0.118. The van der Waals surface area contributed by atoms with Crippen LogP contribution in [0.15, 0.2) is 43.0 Å². The molecule has 3 aromatic rings. The topological polar surface area (TPSA) is 99.8 Å². The first-order valence-electron chi connectivity index (χ1n) is 7.38. The number of carbonyl (C=O) groups excluding carboxylic acids is 1. The Labute approximate surface area is 144 Å². The molecule has 0 aliphatic carbocycles. The number of aromatic nitrogens is 3. The van der Waals surface area contributed by atoms with E-state index in [1.165, 1.54) is 6.33 Å². The molecule has 7 heteroatoms. The van der Waals surface area contributed by atoms with Crippen LogP contribution in [0.1, 0.15) is 22.8 Å². The molecule has 6 nitrogen and oxygen atoms in total. The average molecular weight is 342 g/mol. The summed E-state index contributed by atoms with van der Waals surface area (Å²) in [5.41, 5.74) is 14.3. The molecule has 2 heterocycles. The minimum Gasteiger partial charge on any atom is -0.384 e. The van der Waals surface area contributed by atoms with E-state index in [2.05, 4.69) is 9.97 Å². The van der Waals surface area contributed by atoms with Gasteiger partial charge in [0.2, 0.25) is 0 Å². The number of hydrogen-bond acceptors (Lipinski definition) is 4. The van der Waals surface area contributed by atoms with Gasteiger partial charge in [-0.05, 0) is 29.7 Å². The predicted molar refractivity (Wildman–Crippen MR) is 94.1 cm³/mol. The zero-order valence-corrected chi connectivity index (χ0v) is 13.8. The van der Waals surface area contributed by atoms with E-state index < -0.39 is 5.91 Å². The molecule has 0 atom stereocenters. The summed E-state index contributed by atoms with van der Waals surface area (Å²) in [6, 6.07) is 7.23. The Morgan fingerprint density at radius 2 is 2.00 bits per heavy atom. The summed E-state index contributed by atoms with van der Waals surface area (Å²) in [5.74, 6) is 0.372. The van der Waals surface area contributed by atoms with Gasteiger partial charge in [0.25, 0.3) is 5.91 Å². The SMILES string of the molecule is CCc1ccc(Cl)cc1-c1cn(-c2cc(N)ncn2)cc1C(N)=O. The van der Waals surface area contributed by atoms with E-state index in [1.807, 2.05) is 25.1 Å². The summed E-state index contributed by atoms with van der Waals surface area (Å²) in [4.78, 5) is 20.0. The summed E-state index contributed by atoms with van der Waals surface area (Å²) >= 11 is 6.14. The summed E-state index contributed by atoms with van der Waals surface area (Å²) < 4.78 is 1.70. The van der Waals surface area contributed by atoms with Crippen molar-refractivity contribution >= 4 is 23.3 Å². The van der Waals surface area contributed by atoms with Crippen LogP contribution in [0.5, 0.6) is 0 Å². The van der Waals surface area contributed by atoms with Crippen molar-refractivity contribution in [2.24, 2.45) is 5.73 Å². The lowest BCUT2D eigenvalue weighted by Crippen LogP contribution is -2.11. The second-order valence-electron chi connectivity index (χ2n) is 5.31. The van der Waals surface area contributed by atoms with Gasteiger partial charge in [0.05, 0.1) is 5.56 Å². The fourth-order valence-corrected chi connectivity index (χ4v) is 2.78. The summed E-state index contributed by atoms with van der Waals surface area (Å²) in [7, 11) is 0. The van der Waals surface area contributed by atoms with Crippen molar-refractivity contribution in [3.05, 3.63) is 59.1 Å². The van der Waals surface area contributed by atoms with Crippen LogP contribution in [0, 0.1) is 0 Å². The van der Waals surface area contributed by atoms with Gasteiger partial charge in [-0.15, -0.1) is 0 Å². The molecular formula is C17H16ClN5O. The molecule has 0 spiro atoms. The monoisotopic (exact) mass is 341 g/mol. The largest absolute Gasteiger partial charge is 0.384 e. The van der Waals surface area contributed by atoms with Crippen molar-refractivity contribution in [1.29, 1.82) is 0 Å². The Bertz CT molecular complexity index is 919. The highest BCUT2D eigenvalue weighted by Gasteiger charge is 2.17. The van der Waals surface area contributed by atoms with E-state index in [0.717, 1.165) is 17.5 Å². The minimum absolute atomic E-state index is 0.341. The Morgan fingerprint density at radius 3 is 2.67 bits per heavy atom. The lowest BCUT2D eigenvalue weighted by molar-refractivity contribution is 0.100. The lowest BCUT2D eigenvalue weighted by atomic mass is 9.97. The summed E-state index contributed by atoms with van der Waals surface area (Å²) in [6.07, 6.45) is 5.61. The number of nitrogens with two attached hydrogens (primary N) is 2. The molecule has 0 saturated carbocycles. The highest BCUT2D eigenvalue weighted by atomic mass is 35.5. The number of halogens is 1. The van der Waals surface area contributed by atoms with Crippen LogP contribution in [-0.2, 0) is 6.42 Å². The molecule has 1 amide bonds. The van der Waals surface area contributed by atoms with Crippen molar-refractivity contribution in [2.45, 2.75) is 13.3 Å². The molecule has 3 rings (SSSR count). The molecule has 0 saturated heterocycles. The fourth-order valence-electron chi connectivity index (χ4n) is 2.61. The first-order valence-corrected chi connectivity index (χ1v) is 7.76. The second kappa shape index (κ2) is 6.33. The molecule has 0 radical (unpaired) electrons. The van der Waals surface area contributed by atoms with E-state index in [1.54, 1.807) is 23.0 Å². The average Bonchev–Trinajstić information content (AvgIpc) is 3.00. The molecule has 0 unspecified atom stereocenters. The van der Waals surface area contributed by atoms with Gasteiger partial charge >= 0.3 is 0 Å². The van der Waals surface area contributed by atoms with Gasteiger partial charge in [-0.2, -0.15) is 0 Å². The Hall–Kier alpha value is -2.86. The van der Waals surface area contributed by atoms with Gasteiger partial charge in [-0.1, -0.05) is 24.6 Å². The van der Waals surface area contributed by atoms with Gasteiger partial charge < -0.3 is 16.0 Å². The minimum atomic E-state index is -0.521. The third-order valence-corrected chi connectivity index (χ3v) is 4.01. The highest BCUT2D eigenvalue weighted by Crippen LogP contribution is 2.31. The number of aryl methyl sites for hydroxylation is 1. The number of nitrogens with zero attached hydrogens (tertiary/aromatic N) is 3. The molecule has 2 aromatic heterocycles. The number of carbonyl (C=O) groups is 1. The molecule has 0 fully saturated rings. The zero-order chi connectivity index (χ0) is 17.3. The van der Waals surface area contributed by atoms with Crippen molar-refractivity contribution in [2.75, 3.05) is 5.73 Å². The molecule has 24 heavy (non-hydrogen) atoms. The van der Waals surface area contributed by atoms with E-state index in [9.17, 15) is 4.79 Å². The van der Waals surface area contributed by atoms with E-state index in [-0.39, 0.29) is 0 Å². The molecule has 0 aliphatic heterocycles. The highest BCUT2D eigenvalue weighted by molar-refractivity contribution is 6.31. The van der Waals surface area contributed by atoms with Crippen molar-refractivity contribution in [3.8, 4) is 16.9 Å². The number of primary amides is 1. The lowest BCUT2D eigenvalue weighted by Gasteiger charge is -2.08. The van der Waals surface area contributed by atoms with Crippen molar-refractivity contribution in [1.82, 2.24) is 14.5 Å². The zero-order valence-electron chi connectivity index (χ0n) is 13.0. The van der Waals surface area contributed by atoms with E-state index >= 15 is 0 Å². The van der Waals surface area contributed by atoms with Crippen LogP contribution in [0.4, 0.5) is 5.82 Å². The quantitative estimate of drug-likeness (QED) is 0.762. The standard InChI is InChI=1S/C17H16ClN5O/c1-2-10-3-4-11(18)5-12(10)13-7-23(8-14(13)17(20)24)16-6-15(19)21-9-22-16/h3-9H,2H2,1H3,(H2,20,24)(H2,19,21,22). The third kappa shape index (κ3) is 2.96. The molecule has 122 valence electrons. The van der Waals surface area contributed by atoms with Crippen LogP contribution in [0.3, 0.4) is 0 Å². The maximum absolute atomic E-state index is 11.9. The number of hydrogen-bond donors (Lipinski definition) is 2. The van der Waals surface area contributed by atoms with Crippen LogP contribution < -0.4 is 11.5 Å². The van der Waals surface area contributed by atoms with Gasteiger partial charge in [0.15, 0.2) is 0 Å². The first-order chi connectivity index (χ1) is 11.5. The van der Waals surface area contributed by atoms with Crippen LogP contribution in [-0.4, -0.2) is 20.4 Å². The third-order valence-electron chi connectivity index (χ3n) is 3.77. The normalized spacial score (nSPS) is 10.8. The van der Waals surface area contributed by atoms with E-state index in [0.29, 0.717) is 27.8 Å². The van der Waals surface area contributed by atoms with Crippen LogP contribution in [0.2, 0.25) is 5.02 Å². The maximum atomic E-state index is 11.9. The number of nitrogen functional groups attached to an aromatic ring is 1. The Kier molecular flexibility index (Phi) is 4.22. The van der Waals surface area contributed by atoms with Gasteiger partial charge in [-0.25, -0.2) is 9.97 Å². The molecular weight excluding hydrogens is 326 g/mol. The van der Waals surface area contributed by atoms with Crippen molar-refractivity contribution in [3.63, 3.8) is 0 Å². The predicted octanol–water partition coefficient (Wildman–Crippen LogP) is 2.83. The second-order valence-corrected chi connectivity index (χ2v) is 5.75. The number of benzene rings is 1. The molecule has 1 aromatic carbocycles. The molecule has 4 N–H and O–H groups in total. The van der Waals surface area contributed by atoms with Crippen LogP contribution in [0.25, 0.3) is 16.9 Å². The van der Waals surface area contributed by atoms with Gasteiger partial charge in [0.1, 0.15) is 18.0 Å². The molecule has 0 aliphatic rings. The maximum Gasteiger partial charge on any atom is 0.250 e. The number of rotatable bonds is 4. The Balaban J connectivity index is 2.22.